The highest BCUT2D eigenvalue weighted by atomic mass is 79.9. The second-order valence-corrected chi connectivity index (χ2v) is 6.33. The Labute approximate surface area is 121 Å². The van der Waals surface area contributed by atoms with Crippen LogP contribution in [0.3, 0.4) is 0 Å². The fourth-order valence-corrected chi connectivity index (χ4v) is 4.07. The molecule has 2 atom stereocenters. The molecule has 0 amide bonds. The van der Waals surface area contributed by atoms with Gasteiger partial charge in [-0.3, -0.25) is 0 Å². The van der Waals surface area contributed by atoms with Gasteiger partial charge in [-0.05, 0) is 52.7 Å². The van der Waals surface area contributed by atoms with Gasteiger partial charge in [0.1, 0.15) is 0 Å². The van der Waals surface area contributed by atoms with E-state index in [1.807, 2.05) is 12.1 Å². The molecule has 4 nitrogen and oxygen atoms in total. The Morgan fingerprint density at radius 2 is 2.00 bits per heavy atom. The number of halogens is 1. The van der Waals surface area contributed by atoms with Crippen LogP contribution >= 0.6 is 15.9 Å². The number of anilines is 1. The van der Waals surface area contributed by atoms with Crippen LogP contribution in [0.1, 0.15) is 24.8 Å². The van der Waals surface area contributed by atoms with Crippen LogP contribution in [0.5, 0.6) is 0 Å². The van der Waals surface area contributed by atoms with Crippen molar-refractivity contribution in [2.24, 2.45) is 22.7 Å². The summed E-state index contributed by atoms with van der Waals surface area (Å²) < 4.78 is 0.873. The molecule has 1 aliphatic carbocycles. The van der Waals surface area contributed by atoms with Crippen LogP contribution in [0.15, 0.2) is 27.8 Å². The lowest BCUT2D eigenvalue weighted by atomic mass is 10.0. The van der Waals surface area contributed by atoms with Gasteiger partial charge in [0, 0.05) is 23.2 Å². The minimum atomic E-state index is 0.166. The van der Waals surface area contributed by atoms with Crippen molar-refractivity contribution in [2.45, 2.75) is 19.3 Å². The normalized spacial score (nSPS) is 26.8. The number of amidine groups is 1. The van der Waals surface area contributed by atoms with Gasteiger partial charge in [0.05, 0.1) is 5.56 Å². The van der Waals surface area contributed by atoms with E-state index in [1.54, 1.807) is 0 Å². The van der Waals surface area contributed by atoms with Crippen LogP contribution in [0.4, 0.5) is 5.69 Å². The maximum atomic E-state index is 8.96. The van der Waals surface area contributed by atoms with Crippen molar-refractivity contribution in [3.05, 3.63) is 28.2 Å². The Morgan fingerprint density at radius 3 is 2.63 bits per heavy atom. The zero-order chi connectivity index (χ0) is 13.4. The molecule has 19 heavy (non-hydrogen) atoms. The molecule has 1 saturated heterocycles. The smallest absolute Gasteiger partial charge is 0.173 e. The molecule has 1 aromatic carbocycles. The van der Waals surface area contributed by atoms with Crippen LogP contribution in [0, 0.1) is 11.8 Å². The monoisotopic (exact) mass is 323 g/mol. The fourth-order valence-electron chi connectivity index (χ4n) is 3.51. The third-order valence-corrected chi connectivity index (χ3v) is 5.08. The zero-order valence-electron chi connectivity index (χ0n) is 10.7. The van der Waals surface area contributed by atoms with Gasteiger partial charge in [-0.2, -0.15) is 0 Å². The first-order valence-electron chi connectivity index (χ1n) is 6.72. The van der Waals surface area contributed by atoms with E-state index >= 15 is 0 Å². The summed E-state index contributed by atoms with van der Waals surface area (Å²) in [6, 6.07) is 5.98. The number of fused-ring (bicyclic) bond motifs is 1. The van der Waals surface area contributed by atoms with Gasteiger partial charge in [-0.25, -0.2) is 0 Å². The van der Waals surface area contributed by atoms with Crippen molar-refractivity contribution in [3.8, 4) is 0 Å². The second-order valence-electron chi connectivity index (χ2n) is 5.48. The van der Waals surface area contributed by atoms with Crippen molar-refractivity contribution in [2.75, 3.05) is 18.0 Å². The second kappa shape index (κ2) is 5.04. The van der Waals surface area contributed by atoms with E-state index in [4.69, 9.17) is 10.9 Å². The van der Waals surface area contributed by atoms with Gasteiger partial charge < -0.3 is 15.8 Å². The molecule has 0 radical (unpaired) electrons. The van der Waals surface area contributed by atoms with Gasteiger partial charge in [-0.1, -0.05) is 17.6 Å². The standard InChI is InChI=1S/C14H18BrN3O/c15-11-5-2-6-12(13(11)14(16)17-19)18-7-9-3-1-4-10(9)8-18/h2,5-6,9-10,19H,1,3-4,7-8H2,(H2,16,17). The molecular weight excluding hydrogens is 306 g/mol. The van der Waals surface area contributed by atoms with Gasteiger partial charge >= 0.3 is 0 Å². The molecule has 1 aliphatic heterocycles. The molecule has 0 spiro atoms. The summed E-state index contributed by atoms with van der Waals surface area (Å²) in [4.78, 5) is 2.38. The number of nitrogens with two attached hydrogens (primary N) is 1. The van der Waals surface area contributed by atoms with E-state index in [0.29, 0.717) is 0 Å². The Hall–Kier alpha value is -1.23. The molecule has 2 unspecified atom stereocenters. The summed E-state index contributed by atoms with van der Waals surface area (Å²) in [6.07, 6.45) is 4.05. The largest absolute Gasteiger partial charge is 0.409 e. The first-order valence-corrected chi connectivity index (χ1v) is 7.51. The molecule has 5 heteroatoms. The Bertz CT molecular complexity index is 505. The highest BCUT2D eigenvalue weighted by molar-refractivity contribution is 9.10. The van der Waals surface area contributed by atoms with Crippen LogP contribution in [-0.4, -0.2) is 24.1 Å². The molecule has 0 aromatic heterocycles. The number of rotatable bonds is 2. The first kappa shape index (κ1) is 12.8. The van der Waals surface area contributed by atoms with Gasteiger partial charge in [-0.15, -0.1) is 0 Å². The lowest BCUT2D eigenvalue weighted by Crippen LogP contribution is -2.25. The lowest BCUT2D eigenvalue weighted by Gasteiger charge is -2.23. The van der Waals surface area contributed by atoms with Crippen LogP contribution in [0.2, 0.25) is 0 Å². The minimum Gasteiger partial charge on any atom is -0.409 e. The summed E-state index contributed by atoms with van der Waals surface area (Å²) >= 11 is 3.50. The molecule has 2 aliphatic rings. The number of oxime groups is 1. The number of hydrogen-bond acceptors (Lipinski definition) is 3. The molecule has 102 valence electrons. The average Bonchev–Trinajstić information content (AvgIpc) is 2.98. The highest BCUT2D eigenvalue weighted by Gasteiger charge is 2.37. The number of hydrogen-bond donors (Lipinski definition) is 2. The van der Waals surface area contributed by atoms with E-state index in [1.165, 1.54) is 19.3 Å². The van der Waals surface area contributed by atoms with Crippen molar-refractivity contribution >= 4 is 27.5 Å². The maximum Gasteiger partial charge on any atom is 0.173 e. The van der Waals surface area contributed by atoms with Crippen molar-refractivity contribution in [1.29, 1.82) is 0 Å². The molecule has 1 aromatic rings. The van der Waals surface area contributed by atoms with E-state index < -0.39 is 0 Å². The first-order chi connectivity index (χ1) is 9.20. The third kappa shape index (κ3) is 2.20. The van der Waals surface area contributed by atoms with Crippen LogP contribution in [0.25, 0.3) is 0 Å². The summed E-state index contributed by atoms with van der Waals surface area (Å²) in [6.45, 7) is 2.18. The zero-order valence-corrected chi connectivity index (χ0v) is 12.3. The average molecular weight is 324 g/mol. The molecule has 3 rings (SSSR count). The highest BCUT2D eigenvalue weighted by Crippen LogP contribution is 2.41. The quantitative estimate of drug-likeness (QED) is 0.381. The van der Waals surface area contributed by atoms with Gasteiger partial charge in [0.25, 0.3) is 0 Å². The van der Waals surface area contributed by atoms with Crippen molar-refractivity contribution in [1.82, 2.24) is 0 Å². The predicted molar refractivity (Wildman–Crippen MR) is 79.7 cm³/mol. The Kier molecular flexibility index (Phi) is 3.39. The van der Waals surface area contributed by atoms with Crippen molar-refractivity contribution in [3.63, 3.8) is 0 Å². The molecule has 1 saturated carbocycles. The van der Waals surface area contributed by atoms with Crippen molar-refractivity contribution < 1.29 is 5.21 Å². The minimum absolute atomic E-state index is 0.166. The van der Waals surface area contributed by atoms with E-state index in [9.17, 15) is 0 Å². The maximum absolute atomic E-state index is 8.96. The van der Waals surface area contributed by atoms with Gasteiger partial charge in [0.15, 0.2) is 5.84 Å². The molecule has 0 bridgehead atoms. The summed E-state index contributed by atoms with van der Waals surface area (Å²) in [5, 5.41) is 12.1. The van der Waals surface area contributed by atoms with E-state index in [0.717, 1.165) is 40.6 Å². The number of benzene rings is 1. The predicted octanol–water partition coefficient (Wildman–Crippen LogP) is 2.78. The summed E-state index contributed by atoms with van der Waals surface area (Å²) in [5.74, 6) is 1.80. The third-order valence-electron chi connectivity index (χ3n) is 4.42. The fraction of sp³-hybridized carbons (Fsp3) is 0.500. The van der Waals surface area contributed by atoms with E-state index in [2.05, 4.69) is 32.1 Å². The van der Waals surface area contributed by atoms with Gasteiger partial charge in [0.2, 0.25) is 0 Å². The molecule has 3 N–H and O–H groups in total. The van der Waals surface area contributed by atoms with Crippen LogP contribution in [-0.2, 0) is 0 Å². The molecule has 2 fully saturated rings. The topological polar surface area (TPSA) is 61.9 Å². The lowest BCUT2D eigenvalue weighted by molar-refractivity contribution is 0.318. The Morgan fingerprint density at radius 1 is 1.32 bits per heavy atom. The van der Waals surface area contributed by atoms with Crippen LogP contribution < -0.4 is 10.6 Å². The molecular formula is C14H18BrN3O. The molecule has 1 heterocycles. The summed E-state index contributed by atoms with van der Waals surface area (Å²) in [7, 11) is 0. The van der Waals surface area contributed by atoms with E-state index in [-0.39, 0.29) is 5.84 Å². The SMILES string of the molecule is N/C(=N/O)c1c(Br)cccc1N1CC2CCCC2C1. The Balaban J connectivity index is 1.95. The summed E-state index contributed by atoms with van der Waals surface area (Å²) in [5.41, 5.74) is 7.69. The number of nitrogens with zero attached hydrogens (tertiary/aromatic N) is 2.